The van der Waals surface area contributed by atoms with Gasteiger partial charge >= 0.3 is 0 Å². The standard InChI is InChI=1S/C21H19FN6O3S2/c1-3-31-19-12-14(22)4-9-17(19)18-10-11-23-20(25-18)24-15-5-7-16(8-6-15)33(29,30)28-21-27-26-13(2)32-21/h4-12H,3H2,1-2H3,(H,27,28)(H,23,24,25). The fraction of sp³-hybridized carbons (Fsp3) is 0.143. The Morgan fingerprint density at radius 2 is 1.88 bits per heavy atom. The predicted octanol–water partition coefficient (Wildman–Crippen LogP) is 4.39. The van der Waals surface area contributed by atoms with E-state index in [9.17, 15) is 12.8 Å². The van der Waals surface area contributed by atoms with E-state index in [4.69, 9.17) is 4.74 Å². The minimum Gasteiger partial charge on any atom is -0.493 e. The van der Waals surface area contributed by atoms with Crippen LogP contribution in [-0.4, -0.2) is 35.2 Å². The minimum absolute atomic E-state index is 0.0724. The highest BCUT2D eigenvalue weighted by Crippen LogP contribution is 2.30. The quantitative estimate of drug-likeness (QED) is 0.376. The Bertz CT molecular complexity index is 1380. The van der Waals surface area contributed by atoms with Gasteiger partial charge in [0.25, 0.3) is 10.0 Å². The number of halogens is 1. The average Bonchev–Trinajstić information content (AvgIpc) is 3.18. The molecule has 0 unspecified atom stereocenters. The molecule has 9 nitrogen and oxygen atoms in total. The number of nitrogens with one attached hydrogen (secondary N) is 2. The van der Waals surface area contributed by atoms with Crippen LogP contribution in [-0.2, 0) is 10.0 Å². The number of hydrogen-bond acceptors (Lipinski definition) is 9. The monoisotopic (exact) mass is 486 g/mol. The molecular weight excluding hydrogens is 467 g/mol. The van der Waals surface area contributed by atoms with Crippen LogP contribution >= 0.6 is 11.3 Å². The number of ether oxygens (including phenoxy) is 1. The van der Waals surface area contributed by atoms with Crippen molar-refractivity contribution in [3.05, 3.63) is 65.6 Å². The SMILES string of the molecule is CCOc1cc(F)ccc1-c1ccnc(Nc2ccc(S(=O)(=O)Nc3nnc(C)s3)cc2)n1. The maximum Gasteiger partial charge on any atom is 0.263 e. The van der Waals surface area contributed by atoms with Crippen molar-refractivity contribution in [2.75, 3.05) is 16.6 Å². The summed E-state index contributed by atoms with van der Waals surface area (Å²) in [4.78, 5) is 8.74. The minimum atomic E-state index is -3.79. The molecule has 0 amide bonds. The summed E-state index contributed by atoms with van der Waals surface area (Å²) in [6.07, 6.45) is 1.57. The molecule has 0 aliphatic rings. The first-order valence-corrected chi connectivity index (χ1v) is 12.1. The zero-order valence-corrected chi connectivity index (χ0v) is 19.2. The molecule has 4 rings (SSSR count). The average molecular weight is 487 g/mol. The fourth-order valence-corrected chi connectivity index (χ4v) is 4.73. The van der Waals surface area contributed by atoms with Gasteiger partial charge in [-0.3, -0.25) is 4.72 Å². The first-order chi connectivity index (χ1) is 15.8. The Morgan fingerprint density at radius 3 is 2.58 bits per heavy atom. The summed E-state index contributed by atoms with van der Waals surface area (Å²) >= 11 is 1.15. The van der Waals surface area contributed by atoms with Gasteiger partial charge in [0.15, 0.2) is 0 Å². The van der Waals surface area contributed by atoms with Crippen LogP contribution in [0.3, 0.4) is 0 Å². The van der Waals surface area contributed by atoms with Gasteiger partial charge in [0.1, 0.15) is 16.6 Å². The van der Waals surface area contributed by atoms with E-state index in [0.29, 0.717) is 34.3 Å². The molecule has 0 bridgehead atoms. The molecule has 170 valence electrons. The highest BCUT2D eigenvalue weighted by molar-refractivity contribution is 7.93. The van der Waals surface area contributed by atoms with Gasteiger partial charge in [-0.05, 0) is 56.3 Å². The van der Waals surface area contributed by atoms with Gasteiger partial charge in [0, 0.05) is 23.5 Å². The van der Waals surface area contributed by atoms with E-state index in [1.54, 1.807) is 37.4 Å². The summed E-state index contributed by atoms with van der Waals surface area (Å²) in [7, 11) is -3.79. The van der Waals surface area contributed by atoms with Crippen molar-refractivity contribution in [2.24, 2.45) is 0 Å². The van der Waals surface area contributed by atoms with Gasteiger partial charge in [-0.1, -0.05) is 11.3 Å². The fourth-order valence-electron chi connectivity index (χ4n) is 2.91. The molecule has 33 heavy (non-hydrogen) atoms. The number of aryl methyl sites for hydroxylation is 1. The third-order valence-corrected chi connectivity index (χ3v) is 6.58. The lowest BCUT2D eigenvalue weighted by atomic mass is 10.1. The van der Waals surface area contributed by atoms with Crippen LogP contribution in [0.25, 0.3) is 11.3 Å². The number of anilines is 3. The zero-order chi connectivity index (χ0) is 23.4. The van der Waals surface area contributed by atoms with Crippen molar-refractivity contribution in [3.63, 3.8) is 0 Å². The second kappa shape index (κ2) is 9.46. The van der Waals surface area contributed by atoms with Crippen LogP contribution in [0.1, 0.15) is 11.9 Å². The smallest absolute Gasteiger partial charge is 0.263 e. The van der Waals surface area contributed by atoms with Crippen molar-refractivity contribution in [1.82, 2.24) is 20.2 Å². The Morgan fingerprint density at radius 1 is 1.09 bits per heavy atom. The number of aromatic nitrogens is 4. The molecule has 4 aromatic rings. The molecule has 0 radical (unpaired) electrons. The molecule has 0 fully saturated rings. The number of benzene rings is 2. The van der Waals surface area contributed by atoms with Crippen molar-refractivity contribution in [3.8, 4) is 17.0 Å². The molecule has 0 spiro atoms. The maximum absolute atomic E-state index is 13.6. The van der Waals surface area contributed by atoms with Gasteiger partial charge in [-0.15, -0.1) is 10.2 Å². The maximum atomic E-state index is 13.6. The van der Waals surface area contributed by atoms with Gasteiger partial charge in [0.05, 0.1) is 17.2 Å². The van der Waals surface area contributed by atoms with Gasteiger partial charge in [0.2, 0.25) is 11.1 Å². The third-order valence-electron chi connectivity index (χ3n) is 4.34. The number of sulfonamides is 1. The number of rotatable bonds is 8. The lowest BCUT2D eigenvalue weighted by molar-refractivity contribution is 0.339. The Hall–Kier alpha value is -3.64. The van der Waals surface area contributed by atoms with Crippen molar-refractivity contribution < 1.29 is 17.5 Å². The molecule has 0 saturated heterocycles. The van der Waals surface area contributed by atoms with Crippen LogP contribution in [0.5, 0.6) is 5.75 Å². The van der Waals surface area contributed by atoms with Gasteiger partial charge in [-0.2, -0.15) is 0 Å². The topological polar surface area (TPSA) is 119 Å². The van der Waals surface area contributed by atoms with E-state index >= 15 is 0 Å². The first kappa shape index (κ1) is 22.6. The highest BCUT2D eigenvalue weighted by atomic mass is 32.2. The van der Waals surface area contributed by atoms with E-state index in [0.717, 1.165) is 11.3 Å². The number of hydrogen-bond donors (Lipinski definition) is 2. The molecule has 2 aromatic heterocycles. The lowest BCUT2D eigenvalue weighted by Gasteiger charge is -2.11. The Labute approximate surface area is 193 Å². The lowest BCUT2D eigenvalue weighted by Crippen LogP contribution is -2.12. The van der Waals surface area contributed by atoms with Gasteiger partial charge < -0.3 is 10.1 Å². The summed E-state index contributed by atoms with van der Waals surface area (Å²) in [6.45, 7) is 3.94. The summed E-state index contributed by atoms with van der Waals surface area (Å²) in [5.41, 5.74) is 1.76. The second-order valence-electron chi connectivity index (χ2n) is 6.72. The molecule has 12 heteroatoms. The highest BCUT2D eigenvalue weighted by Gasteiger charge is 2.16. The van der Waals surface area contributed by atoms with Crippen LogP contribution in [0.15, 0.2) is 59.6 Å². The summed E-state index contributed by atoms with van der Waals surface area (Å²) in [5, 5.41) is 11.5. The van der Waals surface area contributed by atoms with E-state index in [1.165, 1.54) is 24.3 Å². The molecule has 2 aromatic carbocycles. The summed E-state index contributed by atoms with van der Waals surface area (Å²) in [5.74, 6) is 0.271. The van der Waals surface area contributed by atoms with Crippen LogP contribution < -0.4 is 14.8 Å². The van der Waals surface area contributed by atoms with E-state index in [2.05, 4.69) is 30.2 Å². The predicted molar refractivity (Wildman–Crippen MR) is 124 cm³/mol. The molecule has 0 aliphatic heterocycles. The summed E-state index contributed by atoms with van der Waals surface area (Å²) in [6, 6.07) is 12.0. The molecule has 0 saturated carbocycles. The zero-order valence-electron chi connectivity index (χ0n) is 17.6. The normalized spacial score (nSPS) is 11.2. The van der Waals surface area contributed by atoms with Crippen molar-refractivity contribution >= 4 is 38.1 Å². The number of nitrogens with zero attached hydrogens (tertiary/aromatic N) is 4. The van der Waals surface area contributed by atoms with Crippen LogP contribution in [0, 0.1) is 12.7 Å². The molecule has 0 atom stereocenters. The summed E-state index contributed by atoms with van der Waals surface area (Å²) < 4.78 is 46.6. The Kier molecular flexibility index (Phi) is 6.47. The molecule has 2 N–H and O–H groups in total. The molecule has 0 aliphatic carbocycles. The Balaban J connectivity index is 1.52. The largest absolute Gasteiger partial charge is 0.493 e. The van der Waals surface area contributed by atoms with E-state index < -0.39 is 15.8 Å². The van der Waals surface area contributed by atoms with Crippen LogP contribution in [0.2, 0.25) is 0 Å². The molecular formula is C21H19FN6O3S2. The second-order valence-corrected chi connectivity index (χ2v) is 9.58. The van der Waals surface area contributed by atoms with E-state index in [1.807, 2.05) is 6.92 Å². The molecule has 2 heterocycles. The van der Waals surface area contributed by atoms with Crippen molar-refractivity contribution in [1.29, 1.82) is 0 Å². The third kappa shape index (κ3) is 5.41. The van der Waals surface area contributed by atoms with Crippen molar-refractivity contribution in [2.45, 2.75) is 18.7 Å². The first-order valence-electron chi connectivity index (χ1n) is 9.80. The van der Waals surface area contributed by atoms with Gasteiger partial charge in [-0.25, -0.2) is 22.8 Å². The van der Waals surface area contributed by atoms with E-state index in [-0.39, 0.29) is 16.0 Å². The van der Waals surface area contributed by atoms with Crippen LogP contribution in [0.4, 0.5) is 21.2 Å².